The van der Waals surface area contributed by atoms with Crippen molar-refractivity contribution in [3.8, 4) is 17.2 Å². The van der Waals surface area contributed by atoms with Crippen molar-refractivity contribution in [1.29, 1.82) is 0 Å². The van der Waals surface area contributed by atoms with Crippen LogP contribution in [-0.4, -0.2) is 62.3 Å². The van der Waals surface area contributed by atoms with Gasteiger partial charge < -0.3 is 29.0 Å². The van der Waals surface area contributed by atoms with Crippen LogP contribution in [0.4, 0.5) is 0 Å². The minimum absolute atomic E-state index is 0.0151. The third-order valence-corrected chi connectivity index (χ3v) is 6.17. The Morgan fingerprint density at radius 2 is 1.55 bits per heavy atom. The number of hydrogen-bond donors (Lipinski definition) is 1. The molecule has 1 amide bonds. The second kappa shape index (κ2) is 12.8. The molecule has 1 N–H and O–H groups in total. The van der Waals surface area contributed by atoms with Gasteiger partial charge in [-0.05, 0) is 60.2 Å². The van der Waals surface area contributed by atoms with Gasteiger partial charge in [-0.1, -0.05) is 33.8 Å². The summed E-state index contributed by atoms with van der Waals surface area (Å²) in [5.41, 5.74) is 1.88. The maximum absolute atomic E-state index is 13.3. The van der Waals surface area contributed by atoms with Crippen LogP contribution < -0.4 is 14.2 Å². The van der Waals surface area contributed by atoms with Gasteiger partial charge in [-0.25, -0.2) is 0 Å². The Labute approximate surface area is 225 Å². The number of aliphatic hydroxyl groups is 1. The molecule has 38 heavy (non-hydrogen) atoms. The Morgan fingerprint density at radius 1 is 0.921 bits per heavy atom. The van der Waals surface area contributed by atoms with E-state index in [1.165, 1.54) is 12.0 Å². The van der Waals surface area contributed by atoms with Crippen molar-refractivity contribution >= 4 is 17.4 Å². The van der Waals surface area contributed by atoms with Crippen LogP contribution in [0.15, 0.2) is 42.0 Å². The van der Waals surface area contributed by atoms with Crippen molar-refractivity contribution in [3.05, 3.63) is 58.7 Å². The average Bonchev–Trinajstić information content (AvgIpc) is 3.14. The highest BCUT2D eigenvalue weighted by molar-refractivity contribution is 6.46. The van der Waals surface area contributed by atoms with Gasteiger partial charge in [0.25, 0.3) is 11.7 Å². The van der Waals surface area contributed by atoms with Crippen LogP contribution in [0, 0.1) is 18.8 Å². The quantitative estimate of drug-likeness (QED) is 0.233. The first-order valence-electron chi connectivity index (χ1n) is 12.9. The molecule has 8 nitrogen and oxygen atoms in total. The lowest BCUT2D eigenvalue weighted by Crippen LogP contribution is -2.32. The standard InChI is InChI=1S/C30H39NO7/c1-18(2)16-37-23-10-9-22(14-20(23)5)28(32)26-27(31(12-13-35-6)30(34)29(26)33)21-8-11-24(36-7)25(15-21)38-17-19(3)4/h8-11,14-15,18-19,27,32H,12-13,16-17H2,1-7H3/b28-26-. The van der Waals surface area contributed by atoms with Gasteiger partial charge >= 0.3 is 0 Å². The minimum atomic E-state index is -0.824. The van der Waals surface area contributed by atoms with Gasteiger partial charge in [0.15, 0.2) is 11.5 Å². The first kappa shape index (κ1) is 29.0. The Hall–Kier alpha value is -3.52. The second-order valence-electron chi connectivity index (χ2n) is 10.3. The molecule has 0 spiro atoms. The number of ether oxygens (including phenoxy) is 4. The van der Waals surface area contributed by atoms with Crippen molar-refractivity contribution < 1.29 is 33.6 Å². The fourth-order valence-electron chi connectivity index (χ4n) is 4.25. The third-order valence-electron chi connectivity index (χ3n) is 6.17. The molecule has 2 aromatic rings. The minimum Gasteiger partial charge on any atom is -0.507 e. The zero-order chi connectivity index (χ0) is 28.0. The molecular weight excluding hydrogens is 486 g/mol. The number of methoxy groups -OCH3 is 2. The number of benzene rings is 2. The van der Waals surface area contributed by atoms with Crippen LogP contribution in [0.1, 0.15) is 50.4 Å². The summed E-state index contributed by atoms with van der Waals surface area (Å²) in [6, 6.07) is 9.69. The molecule has 1 atom stereocenters. The summed E-state index contributed by atoms with van der Waals surface area (Å²) in [6.07, 6.45) is 0. The van der Waals surface area contributed by atoms with Crippen LogP contribution >= 0.6 is 0 Å². The van der Waals surface area contributed by atoms with E-state index >= 15 is 0 Å². The number of amides is 1. The van der Waals surface area contributed by atoms with Crippen LogP contribution in [0.3, 0.4) is 0 Å². The summed E-state index contributed by atoms with van der Waals surface area (Å²) < 4.78 is 22.5. The van der Waals surface area contributed by atoms with Gasteiger partial charge in [0, 0.05) is 19.2 Å². The van der Waals surface area contributed by atoms with Gasteiger partial charge in [0.2, 0.25) is 0 Å². The van der Waals surface area contributed by atoms with Crippen molar-refractivity contribution in [1.82, 2.24) is 4.90 Å². The number of ketones is 1. The van der Waals surface area contributed by atoms with Crippen LogP contribution in [0.5, 0.6) is 17.2 Å². The van der Waals surface area contributed by atoms with E-state index in [1.54, 1.807) is 43.5 Å². The van der Waals surface area contributed by atoms with Gasteiger partial charge in [-0.15, -0.1) is 0 Å². The number of nitrogens with zero attached hydrogens (tertiary/aromatic N) is 1. The molecule has 1 heterocycles. The first-order chi connectivity index (χ1) is 18.1. The van der Waals surface area contributed by atoms with Crippen molar-refractivity contribution in [3.63, 3.8) is 0 Å². The lowest BCUT2D eigenvalue weighted by Gasteiger charge is -2.26. The number of hydrogen-bond acceptors (Lipinski definition) is 7. The van der Waals surface area contributed by atoms with Crippen molar-refractivity contribution in [2.75, 3.05) is 40.6 Å². The Morgan fingerprint density at radius 3 is 2.13 bits per heavy atom. The zero-order valence-electron chi connectivity index (χ0n) is 23.4. The van der Waals surface area contributed by atoms with Gasteiger partial charge in [0.05, 0.1) is 38.5 Å². The van der Waals surface area contributed by atoms with Crippen LogP contribution in [0.25, 0.3) is 5.76 Å². The van der Waals surface area contributed by atoms with E-state index in [4.69, 9.17) is 18.9 Å². The second-order valence-corrected chi connectivity index (χ2v) is 10.3. The summed E-state index contributed by atoms with van der Waals surface area (Å²) in [4.78, 5) is 27.9. The average molecular weight is 526 g/mol. The number of carbonyl (C=O) groups excluding carboxylic acids is 2. The Kier molecular flexibility index (Phi) is 9.80. The number of aliphatic hydroxyl groups excluding tert-OH is 1. The number of Topliss-reactive ketones (excluding diaryl/α,β-unsaturated/α-hetero) is 1. The number of rotatable bonds is 12. The van der Waals surface area contributed by atoms with E-state index in [2.05, 4.69) is 13.8 Å². The molecule has 0 saturated carbocycles. The molecule has 1 saturated heterocycles. The smallest absolute Gasteiger partial charge is 0.295 e. The molecule has 2 aromatic carbocycles. The largest absolute Gasteiger partial charge is 0.507 e. The number of aryl methyl sites for hydroxylation is 1. The van der Waals surface area contributed by atoms with Crippen molar-refractivity contribution in [2.24, 2.45) is 11.8 Å². The third kappa shape index (κ3) is 6.48. The zero-order valence-corrected chi connectivity index (χ0v) is 23.4. The molecule has 0 radical (unpaired) electrons. The molecule has 0 bridgehead atoms. The lowest BCUT2D eigenvalue weighted by atomic mass is 9.94. The van der Waals surface area contributed by atoms with E-state index in [1.807, 2.05) is 20.8 Å². The maximum Gasteiger partial charge on any atom is 0.295 e. The normalized spacial score (nSPS) is 17.0. The molecule has 1 unspecified atom stereocenters. The monoisotopic (exact) mass is 525 g/mol. The van der Waals surface area contributed by atoms with Gasteiger partial charge in [0.1, 0.15) is 11.5 Å². The molecular formula is C30H39NO7. The number of carbonyl (C=O) groups is 2. The summed E-state index contributed by atoms with van der Waals surface area (Å²) in [5.74, 6) is 0.705. The highest BCUT2D eigenvalue weighted by Crippen LogP contribution is 2.42. The predicted octanol–water partition coefficient (Wildman–Crippen LogP) is 5.14. The summed E-state index contributed by atoms with van der Waals surface area (Å²) in [7, 11) is 3.08. The van der Waals surface area contributed by atoms with Gasteiger partial charge in [-0.2, -0.15) is 0 Å². The summed E-state index contributed by atoms with van der Waals surface area (Å²) >= 11 is 0. The van der Waals surface area contributed by atoms with E-state index in [0.717, 1.165) is 5.56 Å². The fraction of sp³-hybridized carbons (Fsp3) is 0.467. The SMILES string of the molecule is COCCN1C(=O)C(=O)/C(=C(\O)c2ccc(OCC(C)C)c(C)c2)C1c1ccc(OC)c(OCC(C)C)c1. The highest BCUT2D eigenvalue weighted by Gasteiger charge is 2.46. The molecule has 0 aliphatic carbocycles. The highest BCUT2D eigenvalue weighted by atomic mass is 16.5. The van der Waals surface area contributed by atoms with Crippen LogP contribution in [0.2, 0.25) is 0 Å². The van der Waals surface area contributed by atoms with Crippen molar-refractivity contribution in [2.45, 2.75) is 40.7 Å². The molecule has 0 aromatic heterocycles. The molecule has 206 valence electrons. The fourth-order valence-corrected chi connectivity index (χ4v) is 4.25. The van der Waals surface area contributed by atoms with E-state index in [9.17, 15) is 14.7 Å². The predicted molar refractivity (Wildman–Crippen MR) is 146 cm³/mol. The lowest BCUT2D eigenvalue weighted by molar-refractivity contribution is -0.140. The van der Waals surface area contributed by atoms with E-state index in [0.29, 0.717) is 47.5 Å². The molecule has 1 aliphatic heterocycles. The van der Waals surface area contributed by atoms with Gasteiger partial charge in [-0.3, -0.25) is 9.59 Å². The Bertz CT molecular complexity index is 1190. The molecule has 8 heteroatoms. The summed E-state index contributed by atoms with van der Waals surface area (Å²) in [6.45, 7) is 11.5. The molecule has 3 rings (SSSR count). The Balaban J connectivity index is 2.11. The molecule has 1 fully saturated rings. The van der Waals surface area contributed by atoms with Crippen LogP contribution in [-0.2, 0) is 14.3 Å². The molecule has 1 aliphatic rings. The van der Waals surface area contributed by atoms with E-state index < -0.39 is 17.7 Å². The topological polar surface area (TPSA) is 94.5 Å². The first-order valence-corrected chi connectivity index (χ1v) is 12.9. The van der Waals surface area contributed by atoms with E-state index in [-0.39, 0.29) is 30.4 Å². The maximum atomic E-state index is 13.3. The summed E-state index contributed by atoms with van der Waals surface area (Å²) in [5, 5.41) is 11.4. The number of likely N-dealkylation sites (tertiary alicyclic amines) is 1.